The maximum absolute atomic E-state index is 13.0. The number of nitrogens with zero attached hydrogens (tertiary/aromatic N) is 1. The number of benzene rings is 2. The Labute approximate surface area is 190 Å². The van der Waals surface area contributed by atoms with Crippen molar-refractivity contribution in [2.75, 3.05) is 25.5 Å². The Morgan fingerprint density at radius 2 is 1.72 bits per heavy atom. The first-order valence-corrected chi connectivity index (χ1v) is 11.4. The van der Waals surface area contributed by atoms with Gasteiger partial charge in [-0.1, -0.05) is 12.1 Å². The van der Waals surface area contributed by atoms with Crippen molar-refractivity contribution in [1.82, 2.24) is 4.90 Å². The van der Waals surface area contributed by atoms with Crippen molar-refractivity contribution in [1.29, 1.82) is 0 Å². The van der Waals surface area contributed by atoms with Crippen LogP contribution >= 0.6 is 11.3 Å². The average molecular weight is 449 g/mol. The fourth-order valence-corrected chi connectivity index (χ4v) is 4.47. The van der Waals surface area contributed by atoms with Gasteiger partial charge in [-0.25, -0.2) is 0 Å². The van der Waals surface area contributed by atoms with Crippen LogP contribution in [0.3, 0.4) is 0 Å². The minimum absolute atomic E-state index is 0.0902. The van der Waals surface area contributed by atoms with Crippen molar-refractivity contribution in [2.45, 2.75) is 12.8 Å². The Kier molecular flexibility index (Phi) is 6.66. The Morgan fingerprint density at radius 3 is 2.38 bits per heavy atom. The molecule has 0 radical (unpaired) electrons. The molecule has 0 spiro atoms. The molecule has 3 aromatic rings. The molecule has 1 N–H and O–H groups in total. The van der Waals surface area contributed by atoms with E-state index in [0.717, 1.165) is 5.75 Å². The lowest BCUT2D eigenvalue weighted by Crippen LogP contribution is -2.40. The Bertz CT molecular complexity index is 1100. The standard InChI is InChI=1S/C25H24N2O4S/c1-31-21-9-7-17(8-10-21)23(28)18-11-13-27(14-12-18)25(30)19-4-2-5-20(16-19)26-24(29)22-6-3-15-32-22/h2-10,15-16,18H,11-14H2,1H3,(H,26,29). The van der Waals surface area contributed by atoms with Crippen molar-refractivity contribution in [3.05, 3.63) is 82.0 Å². The molecule has 0 saturated carbocycles. The maximum Gasteiger partial charge on any atom is 0.265 e. The van der Waals surface area contributed by atoms with Crippen molar-refractivity contribution >= 4 is 34.6 Å². The highest BCUT2D eigenvalue weighted by atomic mass is 32.1. The van der Waals surface area contributed by atoms with Crippen LogP contribution in [-0.4, -0.2) is 42.7 Å². The van der Waals surface area contributed by atoms with Crippen LogP contribution in [0.1, 0.15) is 43.2 Å². The second-order valence-electron chi connectivity index (χ2n) is 7.67. The first kappa shape index (κ1) is 21.8. The van der Waals surface area contributed by atoms with Crippen LogP contribution in [0.15, 0.2) is 66.0 Å². The number of hydrogen-bond acceptors (Lipinski definition) is 5. The third-order valence-electron chi connectivity index (χ3n) is 5.64. The van der Waals surface area contributed by atoms with Crippen LogP contribution in [0.2, 0.25) is 0 Å². The van der Waals surface area contributed by atoms with Crippen molar-refractivity contribution in [2.24, 2.45) is 5.92 Å². The van der Waals surface area contributed by atoms with Crippen LogP contribution in [0, 0.1) is 5.92 Å². The van der Waals surface area contributed by atoms with Gasteiger partial charge < -0.3 is 15.0 Å². The van der Waals surface area contributed by atoms with Gasteiger partial charge in [0.15, 0.2) is 5.78 Å². The van der Waals surface area contributed by atoms with E-state index in [0.29, 0.717) is 47.6 Å². The third kappa shape index (κ3) is 4.89. The van der Waals surface area contributed by atoms with Gasteiger partial charge in [0.2, 0.25) is 0 Å². The first-order valence-electron chi connectivity index (χ1n) is 10.5. The molecule has 1 aliphatic rings. The zero-order valence-electron chi connectivity index (χ0n) is 17.7. The monoisotopic (exact) mass is 448 g/mol. The summed E-state index contributed by atoms with van der Waals surface area (Å²) >= 11 is 1.37. The highest BCUT2D eigenvalue weighted by Gasteiger charge is 2.28. The minimum atomic E-state index is -0.192. The SMILES string of the molecule is COc1ccc(C(=O)C2CCN(C(=O)c3cccc(NC(=O)c4cccs4)c3)CC2)cc1. The zero-order valence-corrected chi connectivity index (χ0v) is 18.6. The number of nitrogens with one attached hydrogen (secondary N) is 1. The van der Waals surface area contributed by atoms with E-state index in [1.54, 1.807) is 66.6 Å². The Balaban J connectivity index is 1.36. The summed E-state index contributed by atoms with van der Waals surface area (Å²) in [7, 11) is 1.59. The van der Waals surface area contributed by atoms with Gasteiger partial charge in [-0.2, -0.15) is 0 Å². The predicted molar refractivity (Wildman–Crippen MR) is 125 cm³/mol. The van der Waals surface area contributed by atoms with Gasteiger partial charge in [0.25, 0.3) is 11.8 Å². The smallest absolute Gasteiger partial charge is 0.265 e. The van der Waals surface area contributed by atoms with E-state index in [9.17, 15) is 14.4 Å². The molecule has 164 valence electrons. The van der Waals surface area contributed by atoms with E-state index in [4.69, 9.17) is 4.74 Å². The van der Waals surface area contributed by atoms with Crippen molar-refractivity contribution < 1.29 is 19.1 Å². The molecule has 2 aromatic carbocycles. The molecule has 6 nitrogen and oxygen atoms in total. The molecule has 1 aliphatic heterocycles. The quantitative estimate of drug-likeness (QED) is 0.553. The normalized spacial score (nSPS) is 14.1. The van der Waals surface area contributed by atoms with Crippen LogP contribution in [0.5, 0.6) is 5.75 Å². The molecule has 4 rings (SSSR count). The third-order valence-corrected chi connectivity index (χ3v) is 6.51. The number of rotatable bonds is 6. The highest BCUT2D eigenvalue weighted by Crippen LogP contribution is 2.25. The zero-order chi connectivity index (χ0) is 22.5. The molecule has 0 atom stereocenters. The summed E-state index contributed by atoms with van der Waals surface area (Å²) in [5.41, 5.74) is 1.78. The summed E-state index contributed by atoms with van der Waals surface area (Å²) in [5.74, 6) is 0.452. The molecule has 1 saturated heterocycles. The van der Waals surface area contributed by atoms with Crippen molar-refractivity contribution in [3.63, 3.8) is 0 Å². The topological polar surface area (TPSA) is 75.7 Å². The number of likely N-dealkylation sites (tertiary alicyclic amines) is 1. The first-order chi connectivity index (χ1) is 15.5. The number of amides is 2. The van der Waals surface area contributed by atoms with Crippen LogP contribution in [0.4, 0.5) is 5.69 Å². The lowest BCUT2D eigenvalue weighted by Gasteiger charge is -2.31. The molecule has 0 unspecified atom stereocenters. The number of ketones is 1. The number of anilines is 1. The van der Waals surface area contributed by atoms with E-state index >= 15 is 0 Å². The van der Waals surface area contributed by atoms with Gasteiger partial charge in [0.1, 0.15) is 5.75 Å². The summed E-state index contributed by atoms with van der Waals surface area (Å²) in [5, 5.41) is 4.68. The number of carbonyl (C=O) groups excluding carboxylic acids is 3. The Hall–Kier alpha value is -3.45. The molecule has 0 bridgehead atoms. The molecule has 32 heavy (non-hydrogen) atoms. The van der Waals surface area contributed by atoms with Gasteiger partial charge in [0, 0.05) is 35.8 Å². The molecule has 1 aromatic heterocycles. The van der Waals surface area contributed by atoms with Crippen LogP contribution < -0.4 is 10.1 Å². The lowest BCUT2D eigenvalue weighted by atomic mass is 9.88. The molecule has 2 amide bonds. The van der Waals surface area contributed by atoms with E-state index in [2.05, 4.69) is 5.32 Å². The van der Waals surface area contributed by atoms with E-state index in [1.165, 1.54) is 11.3 Å². The number of thiophene rings is 1. The largest absolute Gasteiger partial charge is 0.497 e. The second-order valence-corrected chi connectivity index (χ2v) is 8.62. The van der Waals surface area contributed by atoms with Gasteiger partial charge in [0.05, 0.1) is 12.0 Å². The fourth-order valence-electron chi connectivity index (χ4n) is 3.85. The van der Waals surface area contributed by atoms with Gasteiger partial charge in [-0.05, 0) is 66.8 Å². The van der Waals surface area contributed by atoms with Gasteiger partial charge in [-0.3, -0.25) is 14.4 Å². The number of piperidine rings is 1. The molecule has 0 aliphatic carbocycles. The second kappa shape index (κ2) is 9.78. The number of hydrogen-bond donors (Lipinski definition) is 1. The van der Waals surface area contributed by atoms with Crippen molar-refractivity contribution in [3.8, 4) is 5.75 Å². The lowest BCUT2D eigenvalue weighted by molar-refractivity contribution is 0.0650. The highest BCUT2D eigenvalue weighted by molar-refractivity contribution is 7.12. The summed E-state index contributed by atoms with van der Waals surface area (Å²) < 4.78 is 5.15. The van der Waals surface area contributed by atoms with E-state index in [-0.39, 0.29) is 23.5 Å². The fraction of sp³-hybridized carbons (Fsp3) is 0.240. The van der Waals surface area contributed by atoms with Crippen LogP contribution in [0.25, 0.3) is 0 Å². The minimum Gasteiger partial charge on any atom is -0.497 e. The van der Waals surface area contributed by atoms with Gasteiger partial charge >= 0.3 is 0 Å². The summed E-state index contributed by atoms with van der Waals surface area (Å²) in [6, 6.07) is 17.7. The summed E-state index contributed by atoms with van der Waals surface area (Å²) in [6.45, 7) is 1.05. The Morgan fingerprint density at radius 1 is 0.969 bits per heavy atom. The van der Waals surface area contributed by atoms with Gasteiger partial charge in [-0.15, -0.1) is 11.3 Å². The summed E-state index contributed by atoms with van der Waals surface area (Å²) in [4.78, 5) is 40.5. The molecular weight excluding hydrogens is 424 g/mol. The number of Topliss-reactive ketones (excluding diaryl/α,β-unsaturated/α-hetero) is 1. The number of carbonyl (C=O) groups is 3. The molecule has 2 heterocycles. The number of methoxy groups -OCH3 is 1. The number of ether oxygens (including phenoxy) is 1. The predicted octanol–water partition coefficient (Wildman–Crippen LogP) is 4.74. The van der Waals surface area contributed by atoms with E-state index < -0.39 is 0 Å². The van der Waals surface area contributed by atoms with Crippen LogP contribution in [-0.2, 0) is 0 Å². The maximum atomic E-state index is 13.0. The molecule has 7 heteroatoms. The average Bonchev–Trinajstić information content (AvgIpc) is 3.39. The molecule has 1 fully saturated rings. The van der Waals surface area contributed by atoms with E-state index in [1.807, 2.05) is 11.4 Å². The summed E-state index contributed by atoms with van der Waals surface area (Å²) in [6.07, 6.45) is 1.26. The molecular formula is C25H24N2O4S.